The van der Waals surface area contributed by atoms with Crippen LogP contribution in [-0.4, -0.2) is 5.78 Å². The van der Waals surface area contributed by atoms with Gasteiger partial charge in [-0.2, -0.15) is 0 Å². The minimum atomic E-state index is 0.396. The fraction of sp³-hybridized carbons (Fsp3) is 0.963. The zero-order valence-electron chi connectivity index (χ0n) is 19.2. The number of Topliss-reactive ketones (excluding diaryl/α,β-unsaturated/α-hetero) is 1. The summed E-state index contributed by atoms with van der Waals surface area (Å²) in [4.78, 5) is 12.6. The second-order valence-electron chi connectivity index (χ2n) is 12.8. The third-order valence-electron chi connectivity index (χ3n) is 11.6. The lowest BCUT2D eigenvalue weighted by Gasteiger charge is -2.55. The minimum absolute atomic E-state index is 0.396. The van der Waals surface area contributed by atoms with Crippen LogP contribution in [0.5, 0.6) is 0 Å². The highest BCUT2D eigenvalue weighted by atomic mass is 16.1. The first-order chi connectivity index (χ1) is 13.3. The Kier molecular flexibility index (Phi) is 4.44. The molecule has 1 spiro atoms. The Morgan fingerprint density at radius 1 is 0.929 bits per heavy atom. The topological polar surface area (TPSA) is 17.1 Å². The maximum absolute atomic E-state index is 12.6. The van der Waals surface area contributed by atoms with Crippen LogP contribution in [0, 0.1) is 57.7 Å². The Bertz CT molecular complexity index is 651. The first-order valence-corrected chi connectivity index (χ1v) is 12.8. The molecular weight excluding hydrogens is 340 g/mol. The van der Waals surface area contributed by atoms with Crippen LogP contribution in [0.25, 0.3) is 0 Å². The zero-order valence-corrected chi connectivity index (χ0v) is 19.2. The number of hydrogen-bond donors (Lipinski definition) is 0. The lowest BCUT2D eigenvalue weighted by Crippen LogP contribution is -2.48. The molecule has 0 heterocycles. The van der Waals surface area contributed by atoms with E-state index in [0.717, 1.165) is 41.9 Å². The third kappa shape index (κ3) is 2.34. The average Bonchev–Trinajstić information content (AvgIpc) is 2.87. The fourth-order valence-electron chi connectivity index (χ4n) is 10.3. The second-order valence-corrected chi connectivity index (χ2v) is 12.8. The first kappa shape index (κ1) is 19.6. The predicted molar refractivity (Wildman–Crippen MR) is 116 cm³/mol. The normalized spacial score (nSPS) is 52.8. The van der Waals surface area contributed by atoms with Crippen molar-refractivity contribution >= 4 is 5.78 Å². The molecule has 0 amide bonds. The first-order valence-electron chi connectivity index (χ1n) is 12.8. The van der Waals surface area contributed by atoms with Gasteiger partial charge in [-0.15, -0.1) is 0 Å². The molecule has 0 saturated heterocycles. The molecule has 28 heavy (non-hydrogen) atoms. The highest BCUT2D eigenvalue weighted by molar-refractivity contribution is 5.90. The van der Waals surface area contributed by atoms with Crippen molar-refractivity contribution in [3.8, 4) is 0 Å². The summed E-state index contributed by atoms with van der Waals surface area (Å²) >= 11 is 0. The van der Waals surface area contributed by atoms with Crippen molar-refractivity contribution in [3.63, 3.8) is 0 Å². The van der Waals surface area contributed by atoms with Gasteiger partial charge in [0.1, 0.15) is 5.78 Å². The summed E-state index contributed by atoms with van der Waals surface area (Å²) < 4.78 is 0. The van der Waals surface area contributed by atoms with Crippen molar-refractivity contribution in [2.75, 3.05) is 0 Å². The van der Waals surface area contributed by atoms with E-state index in [1.165, 1.54) is 64.2 Å². The monoisotopic (exact) mass is 384 g/mol. The highest BCUT2D eigenvalue weighted by Crippen LogP contribution is 2.85. The van der Waals surface area contributed by atoms with Gasteiger partial charge in [0.25, 0.3) is 0 Å². The molecule has 5 rings (SSSR count). The molecular formula is C27H44O. The summed E-state index contributed by atoms with van der Waals surface area (Å²) in [7, 11) is 0. The Morgan fingerprint density at radius 2 is 1.71 bits per heavy atom. The van der Waals surface area contributed by atoms with E-state index in [4.69, 9.17) is 0 Å². The van der Waals surface area contributed by atoms with Gasteiger partial charge in [-0.1, -0.05) is 53.9 Å². The summed E-state index contributed by atoms with van der Waals surface area (Å²) in [5.41, 5.74) is 1.45. The van der Waals surface area contributed by atoms with Gasteiger partial charge < -0.3 is 0 Å². The molecule has 0 aromatic heterocycles. The number of ketones is 1. The Balaban J connectivity index is 1.32. The molecule has 0 aromatic rings. The molecule has 5 fully saturated rings. The SMILES string of the molecule is CC(C)CCC[C@@H](C)[C@H]1CC[C@H]2[C@@H]3CC[C@@]45CCC(=O)[C@H]4[C@]5(C)[C@H]3CC[C@]12C. The molecule has 0 bridgehead atoms. The van der Waals surface area contributed by atoms with Crippen LogP contribution in [-0.2, 0) is 4.79 Å². The van der Waals surface area contributed by atoms with Crippen molar-refractivity contribution in [2.24, 2.45) is 57.7 Å². The second kappa shape index (κ2) is 6.34. The number of rotatable bonds is 5. The van der Waals surface area contributed by atoms with Crippen molar-refractivity contribution < 1.29 is 4.79 Å². The minimum Gasteiger partial charge on any atom is -0.299 e. The van der Waals surface area contributed by atoms with Gasteiger partial charge in [0.2, 0.25) is 0 Å². The van der Waals surface area contributed by atoms with E-state index in [2.05, 4.69) is 34.6 Å². The molecule has 5 aliphatic carbocycles. The Hall–Kier alpha value is -0.330. The number of fused-ring (bicyclic) bond motifs is 5. The van der Waals surface area contributed by atoms with Crippen LogP contribution in [0.1, 0.15) is 105 Å². The van der Waals surface area contributed by atoms with Gasteiger partial charge in [0, 0.05) is 12.3 Å². The van der Waals surface area contributed by atoms with Gasteiger partial charge in [-0.3, -0.25) is 4.79 Å². The third-order valence-corrected chi connectivity index (χ3v) is 11.6. The maximum atomic E-state index is 12.6. The van der Waals surface area contributed by atoms with E-state index in [9.17, 15) is 4.79 Å². The summed E-state index contributed by atoms with van der Waals surface area (Å²) in [6, 6.07) is 0. The molecule has 0 unspecified atom stereocenters. The van der Waals surface area contributed by atoms with Crippen molar-refractivity contribution in [1.29, 1.82) is 0 Å². The van der Waals surface area contributed by atoms with Gasteiger partial charge in [-0.25, -0.2) is 0 Å². The quantitative estimate of drug-likeness (QED) is 0.486. The summed E-state index contributed by atoms with van der Waals surface area (Å²) in [6.07, 6.45) is 15.1. The smallest absolute Gasteiger partial charge is 0.137 e. The molecule has 9 atom stereocenters. The Labute approximate surface area is 173 Å². The predicted octanol–water partition coefficient (Wildman–Crippen LogP) is 7.29. The average molecular weight is 385 g/mol. The number of hydrogen-bond acceptors (Lipinski definition) is 1. The molecule has 0 aliphatic heterocycles. The molecule has 5 aliphatic rings. The van der Waals surface area contributed by atoms with E-state index >= 15 is 0 Å². The van der Waals surface area contributed by atoms with E-state index < -0.39 is 0 Å². The lowest BCUT2D eigenvalue weighted by atomic mass is 9.50. The lowest BCUT2D eigenvalue weighted by molar-refractivity contribution is -0.121. The van der Waals surface area contributed by atoms with Gasteiger partial charge in [-0.05, 0) is 96.7 Å². The number of carbonyl (C=O) groups excluding carboxylic acids is 1. The van der Waals surface area contributed by atoms with Crippen molar-refractivity contribution in [3.05, 3.63) is 0 Å². The molecule has 158 valence electrons. The standard InChI is InChI=1S/C27H44O/c1-17(2)7-6-8-18(3)20-9-10-21-19-11-15-27-16-13-23(28)24(27)26(27,5)22(19)12-14-25(20,21)4/h17-22,24H,6-16H2,1-5H3/t18-,19+,20-,21+,22+,24+,25-,26+,27-/m1/s1. The van der Waals surface area contributed by atoms with E-state index in [1.807, 2.05) is 0 Å². The molecule has 1 nitrogen and oxygen atoms in total. The van der Waals surface area contributed by atoms with Crippen LogP contribution in [0.2, 0.25) is 0 Å². The highest BCUT2D eigenvalue weighted by Gasteiger charge is 2.82. The van der Waals surface area contributed by atoms with Crippen molar-refractivity contribution in [1.82, 2.24) is 0 Å². The molecule has 0 aromatic carbocycles. The van der Waals surface area contributed by atoms with Crippen LogP contribution < -0.4 is 0 Å². The molecule has 0 N–H and O–H groups in total. The maximum Gasteiger partial charge on any atom is 0.137 e. The Morgan fingerprint density at radius 3 is 2.46 bits per heavy atom. The fourth-order valence-corrected chi connectivity index (χ4v) is 10.3. The summed E-state index contributed by atoms with van der Waals surface area (Å²) in [5.74, 6) is 6.56. The van der Waals surface area contributed by atoms with Gasteiger partial charge >= 0.3 is 0 Å². The zero-order chi connectivity index (χ0) is 19.9. The van der Waals surface area contributed by atoms with Crippen molar-refractivity contribution in [2.45, 2.75) is 105 Å². The van der Waals surface area contributed by atoms with Crippen LogP contribution in [0.4, 0.5) is 0 Å². The summed E-state index contributed by atoms with van der Waals surface area (Å²) in [5, 5.41) is 0. The van der Waals surface area contributed by atoms with Crippen LogP contribution >= 0.6 is 0 Å². The molecule has 5 saturated carbocycles. The number of carbonyl (C=O) groups is 1. The molecule has 0 radical (unpaired) electrons. The van der Waals surface area contributed by atoms with E-state index in [-0.39, 0.29) is 0 Å². The largest absolute Gasteiger partial charge is 0.299 e. The van der Waals surface area contributed by atoms with Crippen LogP contribution in [0.3, 0.4) is 0 Å². The van der Waals surface area contributed by atoms with Crippen LogP contribution in [0.15, 0.2) is 0 Å². The van der Waals surface area contributed by atoms with E-state index in [0.29, 0.717) is 27.9 Å². The van der Waals surface area contributed by atoms with E-state index in [1.54, 1.807) is 0 Å². The van der Waals surface area contributed by atoms with Gasteiger partial charge in [0.05, 0.1) is 0 Å². The molecule has 1 heteroatoms. The van der Waals surface area contributed by atoms with Gasteiger partial charge in [0.15, 0.2) is 0 Å². The summed E-state index contributed by atoms with van der Waals surface area (Å²) in [6.45, 7) is 12.6.